The van der Waals surface area contributed by atoms with Crippen LogP contribution in [0.3, 0.4) is 0 Å². The second-order valence-electron chi connectivity index (χ2n) is 8.44. The molecule has 0 spiro atoms. The van der Waals surface area contributed by atoms with E-state index in [-0.39, 0.29) is 12.7 Å². The van der Waals surface area contributed by atoms with Gasteiger partial charge in [0.15, 0.2) is 11.5 Å². The number of benzene rings is 3. The summed E-state index contributed by atoms with van der Waals surface area (Å²) in [5, 5.41) is 4.74. The normalized spacial score (nSPS) is 12.7. The topological polar surface area (TPSA) is 136 Å². The molecule has 0 aliphatic carbocycles. The molecule has 4 aromatic rings. The average Bonchev–Trinajstić information content (AvgIpc) is 3.41. The largest absolute Gasteiger partial charge is 0.494 e. The molecule has 0 radical (unpaired) electrons. The van der Waals surface area contributed by atoms with E-state index in [2.05, 4.69) is 10.3 Å². The lowest BCUT2D eigenvalue weighted by Gasteiger charge is -2.19. The van der Waals surface area contributed by atoms with Crippen LogP contribution in [0.15, 0.2) is 77.8 Å². The molecule has 11 heteroatoms. The van der Waals surface area contributed by atoms with Gasteiger partial charge in [-0.25, -0.2) is 20.0 Å². The number of rotatable bonds is 10. The SMILES string of the molecule is CCOc1ccc(-c2cnc(N(N)c3cccc([SH](=N)=O)c3)nc2NCCc2ccc3c(c2)OCO3)cc1. The summed E-state index contributed by atoms with van der Waals surface area (Å²) >= 11 is 0. The van der Waals surface area contributed by atoms with Crippen molar-refractivity contribution >= 4 is 28.0 Å². The molecule has 1 aliphatic rings. The summed E-state index contributed by atoms with van der Waals surface area (Å²) < 4.78 is 35.7. The second kappa shape index (κ2) is 11.4. The van der Waals surface area contributed by atoms with Crippen LogP contribution in [0.1, 0.15) is 12.5 Å². The Morgan fingerprint density at radius 2 is 1.92 bits per heavy atom. The second-order valence-corrected chi connectivity index (χ2v) is 9.54. The summed E-state index contributed by atoms with van der Waals surface area (Å²) in [5.41, 5.74) is 3.35. The fourth-order valence-corrected chi connectivity index (χ4v) is 4.51. The Morgan fingerprint density at radius 3 is 2.71 bits per heavy atom. The molecule has 2 heterocycles. The number of nitrogens with one attached hydrogen (secondary N) is 2. The molecule has 196 valence electrons. The molecule has 1 aliphatic heterocycles. The van der Waals surface area contributed by atoms with E-state index < -0.39 is 10.6 Å². The van der Waals surface area contributed by atoms with E-state index in [1.54, 1.807) is 30.5 Å². The summed E-state index contributed by atoms with van der Waals surface area (Å²) in [4.78, 5) is 9.61. The highest BCUT2D eigenvalue weighted by molar-refractivity contribution is 7.73. The minimum absolute atomic E-state index is 0.239. The minimum Gasteiger partial charge on any atom is -0.494 e. The van der Waals surface area contributed by atoms with Crippen LogP contribution in [0.4, 0.5) is 17.5 Å². The molecule has 0 saturated carbocycles. The van der Waals surface area contributed by atoms with Gasteiger partial charge in [-0.2, -0.15) is 4.98 Å². The van der Waals surface area contributed by atoms with Gasteiger partial charge in [-0.15, -0.1) is 0 Å². The molecular weight excluding hydrogens is 504 g/mol. The maximum atomic E-state index is 11.7. The van der Waals surface area contributed by atoms with Crippen molar-refractivity contribution in [2.75, 3.05) is 30.3 Å². The molecule has 0 amide bonds. The predicted octanol–water partition coefficient (Wildman–Crippen LogP) is 4.54. The summed E-state index contributed by atoms with van der Waals surface area (Å²) in [6, 6.07) is 20.3. The first-order chi connectivity index (χ1) is 18.5. The van der Waals surface area contributed by atoms with E-state index in [9.17, 15) is 4.21 Å². The lowest BCUT2D eigenvalue weighted by atomic mass is 10.1. The Bertz CT molecular complexity index is 1500. The van der Waals surface area contributed by atoms with Gasteiger partial charge >= 0.3 is 0 Å². The highest BCUT2D eigenvalue weighted by atomic mass is 32.2. The number of hydrogen-bond acceptors (Lipinski definition) is 10. The van der Waals surface area contributed by atoms with Crippen LogP contribution in [0.2, 0.25) is 0 Å². The number of hydrogen-bond donors (Lipinski definition) is 4. The quantitative estimate of drug-likeness (QED) is 0.132. The molecule has 1 aromatic heterocycles. The maximum Gasteiger partial charge on any atom is 0.246 e. The summed E-state index contributed by atoms with van der Waals surface area (Å²) in [6.45, 7) is 3.37. The van der Waals surface area contributed by atoms with Crippen molar-refractivity contribution in [3.63, 3.8) is 0 Å². The zero-order valence-corrected chi connectivity index (χ0v) is 21.7. The molecule has 38 heavy (non-hydrogen) atoms. The first-order valence-electron chi connectivity index (χ1n) is 12.1. The van der Waals surface area contributed by atoms with Crippen molar-refractivity contribution in [3.8, 4) is 28.4 Å². The fourth-order valence-electron chi connectivity index (χ4n) is 4.04. The van der Waals surface area contributed by atoms with Crippen molar-refractivity contribution in [2.45, 2.75) is 18.2 Å². The number of nitrogens with zero attached hydrogens (tertiary/aromatic N) is 3. The van der Waals surface area contributed by atoms with Gasteiger partial charge in [0.25, 0.3) is 0 Å². The van der Waals surface area contributed by atoms with Crippen LogP contribution in [0, 0.1) is 4.78 Å². The molecule has 0 fully saturated rings. The number of aromatic nitrogens is 2. The zero-order valence-electron chi connectivity index (χ0n) is 20.8. The van der Waals surface area contributed by atoms with E-state index in [0.717, 1.165) is 40.4 Å². The van der Waals surface area contributed by atoms with Gasteiger partial charge in [0.1, 0.15) is 11.6 Å². The van der Waals surface area contributed by atoms with Crippen LogP contribution < -0.4 is 30.4 Å². The van der Waals surface area contributed by atoms with Gasteiger partial charge in [0, 0.05) is 23.2 Å². The standard InChI is InChI=1S/C27H28N6O4S/c1-2-35-21-9-7-19(8-10-21)23-16-31-27(33(28)20-4-3-5-22(15-20)38(29)34)32-26(23)30-13-12-18-6-11-24-25(14-18)37-17-36-24/h3-11,14-16,29,38H,2,12-13,17,28H2,1H3,(H,30,31,32). The third-order valence-corrected chi connectivity index (χ3v) is 6.70. The average molecular weight is 533 g/mol. The van der Waals surface area contributed by atoms with E-state index >= 15 is 0 Å². The summed E-state index contributed by atoms with van der Waals surface area (Å²) in [5.74, 6) is 9.50. The van der Waals surface area contributed by atoms with Gasteiger partial charge in [0.05, 0.1) is 22.9 Å². The monoisotopic (exact) mass is 532 g/mol. The van der Waals surface area contributed by atoms with Gasteiger partial charge in [0.2, 0.25) is 12.7 Å². The van der Waals surface area contributed by atoms with E-state index in [1.807, 2.05) is 49.4 Å². The highest BCUT2D eigenvalue weighted by Crippen LogP contribution is 2.33. The van der Waals surface area contributed by atoms with Crippen LogP contribution >= 0.6 is 0 Å². The molecule has 5 rings (SSSR count). The van der Waals surface area contributed by atoms with Gasteiger partial charge in [-0.05, 0) is 66.9 Å². The van der Waals surface area contributed by atoms with Crippen molar-refractivity contribution in [3.05, 3.63) is 78.5 Å². The van der Waals surface area contributed by atoms with Crippen LogP contribution in [0.25, 0.3) is 11.1 Å². The van der Waals surface area contributed by atoms with E-state index in [1.165, 1.54) is 5.01 Å². The highest BCUT2D eigenvalue weighted by Gasteiger charge is 2.16. The molecule has 4 N–H and O–H groups in total. The molecule has 1 atom stereocenters. The van der Waals surface area contributed by atoms with Gasteiger partial charge in [-0.3, -0.25) is 4.78 Å². The Labute approximate surface area is 222 Å². The molecule has 0 saturated heterocycles. The summed E-state index contributed by atoms with van der Waals surface area (Å²) in [6.07, 6.45) is 2.44. The molecule has 3 aromatic carbocycles. The molecule has 10 nitrogen and oxygen atoms in total. The number of fused-ring (bicyclic) bond motifs is 1. The smallest absolute Gasteiger partial charge is 0.246 e. The molecule has 1 unspecified atom stereocenters. The Balaban J connectivity index is 1.42. The third-order valence-electron chi connectivity index (χ3n) is 5.95. The van der Waals surface area contributed by atoms with Crippen molar-refractivity contribution in [1.29, 1.82) is 4.78 Å². The van der Waals surface area contributed by atoms with Crippen molar-refractivity contribution in [2.24, 2.45) is 5.84 Å². The minimum atomic E-state index is -2.25. The number of ether oxygens (including phenoxy) is 3. The fraction of sp³-hybridized carbons (Fsp3) is 0.185. The molecular formula is C27H28N6O4S. The number of thiol groups is 1. The van der Waals surface area contributed by atoms with Gasteiger partial charge < -0.3 is 19.5 Å². The van der Waals surface area contributed by atoms with Crippen LogP contribution in [-0.2, 0) is 17.0 Å². The summed E-state index contributed by atoms with van der Waals surface area (Å²) in [7, 11) is -2.25. The van der Waals surface area contributed by atoms with Gasteiger partial charge in [-0.1, -0.05) is 24.3 Å². The van der Waals surface area contributed by atoms with Crippen molar-refractivity contribution < 1.29 is 18.4 Å². The Hall–Kier alpha value is -4.35. The number of nitrogens with two attached hydrogens (primary N) is 1. The zero-order chi connectivity index (χ0) is 26.5. The number of anilines is 3. The third kappa shape index (κ3) is 5.63. The Morgan fingerprint density at radius 1 is 1.11 bits per heavy atom. The number of hydrazine groups is 1. The van der Waals surface area contributed by atoms with Crippen LogP contribution in [-0.4, -0.2) is 34.1 Å². The first-order valence-corrected chi connectivity index (χ1v) is 13.3. The Kier molecular flexibility index (Phi) is 7.57. The van der Waals surface area contributed by atoms with Crippen LogP contribution in [0.5, 0.6) is 17.2 Å². The van der Waals surface area contributed by atoms with E-state index in [4.69, 9.17) is 29.8 Å². The lowest BCUT2D eigenvalue weighted by molar-refractivity contribution is 0.174. The van der Waals surface area contributed by atoms with E-state index in [0.29, 0.717) is 29.6 Å². The maximum absolute atomic E-state index is 11.7. The lowest BCUT2D eigenvalue weighted by Crippen LogP contribution is -2.27. The predicted molar refractivity (Wildman–Crippen MR) is 147 cm³/mol. The first kappa shape index (κ1) is 25.3. The van der Waals surface area contributed by atoms with Crippen molar-refractivity contribution in [1.82, 2.24) is 9.97 Å². The molecule has 0 bridgehead atoms.